The molecule has 2 rings (SSSR count). The van der Waals surface area contributed by atoms with Gasteiger partial charge in [0.25, 0.3) is 0 Å². The molecule has 0 aromatic heterocycles. The standard InChI is InChI=1S/C14H19BrN2O2/c1-10(12-4-2-3-5-13(12)15)17-14(18)8-11-9-19-7-6-16-11/h2-5,10-11,16H,6-9H2,1H3,(H,17,18). The van der Waals surface area contributed by atoms with Crippen LogP contribution in [0, 0.1) is 0 Å². The van der Waals surface area contributed by atoms with Gasteiger partial charge in [0.1, 0.15) is 0 Å². The molecule has 19 heavy (non-hydrogen) atoms. The molecule has 0 spiro atoms. The molecule has 2 atom stereocenters. The zero-order chi connectivity index (χ0) is 13.7. The Hall–Kier alpha value is -0.910. The fourth-order valence-electron chi connectivity index (χ4n) is 2.18. The molecule has 1 aliphatic heterocycles. The second-order valence-electron chi connectivity index (χ2n) is 4.74. The van der Waals surface area contributed by atoms with Crippen LogP contribution in [-0.4, -0.2) is 31.7 Å². The summed E-state index contributed by atoms with van der Waals surface area (Å²) in [6, 6.07) is 8.05. The average molecular weight is 327 g/mol. The molecular weight excluding hydrogens is 308 g/mol. The van der Waals surface area contributed by atoms with E-state index in [9.17, 15) is 4.79 Å². The highest BCUT2D eigenvalue weighted by Crippen LogP contribution is 2.22. The van der Waals surface area contributed by atoms with E-state index < -0.39 is 0 Å². The second-order valence-corrected chi connectivity index (χ2v) is 5.60. The van der Waals surface area contributed by atoms with Crippen LogP contribution in [0.1, 0.15) is 24.9 Å². The van der Waals surface area contributed by atoms with Crippen LogP contribution >= 0.6 is 15.9 Å². The zero-order valence-corrected chi connectivity index (χ0v) is 12.6. The van der Waals surface area contributed by atoms with Crippen LogP contribution in [0.2, 0.25) is 0 Å². The molecule has 5 heteroatoms. The van der Waals surface area contributed by atoms with Crippen LogP contribution in [0.3, 0.4) is 0 Å². The second kappa shape index (κ2) is 7.03. The molecule has 0 aliphatic carbocycles. The van der Waals surface area contributed by atoms with E-state index in [2.05, 4.69) is 26.6 Å². The number of amides is 1. The first-order valence-electron chi connectivity index (χ1n) is 6.51. The van der Waals surface area contributed by atoms with Gasteiger partial charge < -0.3 is 15.4 Å². The number of nitrogens with one attached hydrogen (secondary N) is 2. The molecule has 0 saturated carbocycles. The quantitative estimate of drug-likeness (QED) is 0.889. The maximum absolute atomic E-state index is 12.0. The maximum Gasteiger partial charge on any atom is 0.222 e. The molecule has 104 valence electrons. The van der Waals surface area contributed by atoms with E-state index in [1.54, 1.807) is 0 Å². The third kappa shape index (κ3) is 4.30. The van der Waals surface area contributed by atoms with Crippen molar-refractivity contribution >= 4 is 21.8 Å². The van der Waals surface area contributed by atoms with E-state index >= 15 is 0 Å². The van der Waals surface area contributed by atoms with Crippen molar-refractivity contribution in [3.05, 3.63) is 34.3 Å². The summed E-state index contributed by atoms with van der Waals surface area (Å²) in [5, 5.41) is 6.30. The van der Waals surface area contributed by atoms with Crippen molar-refractivity contribution in [1.29, 1.82) is 0 Å². The lowest BCUT2D eigenvalue weighted by Crippen LogP contribution is -2.44. The molecule has 0 bridgehead atoms. The molecule has 4 nitrogen and oxygen atoms in total. The van der Waals surface area contributed by atoms with Gasteiger partial charge in [-0.15, -0.1) is 0 Å². The molecule has 1 heterocycles. The molecule has 1 aliphatic rings. The monoisotopic (exact) mass is 326 g/mol. The van der Waals surface area contributed by atoms with E-state index in [-0.39, 0.29) is 18.0 Å². The SMILES string of the molecule is CC(NC(=O)CC1COCCN1)c1ccccc1Br. The number of ether oxygens (including phenoxy) is 1. The number of rotatable bonds is 4. The molecule has 1 amide bonds. The summed E-state index contributed by atoms with van der Waals surface area (Å²) in [4.78, 5) is 12.0. The van der Waals surface area contributed by atoms with E-state index in [1.165, 1.54) is 0 Å². The van der Waals surface area contributed by atoms with Gasteiger partial charge in [0.05, 0.1) is 19.3 Å². The van der Waals surface area contributed by atoms with Crippen molar-refractivity contribution in [2.75, 3.05) is 19.8 Å². The number of hydrogen-bond donors (Lipinski definition) is 2. The fourth-order valence-corrected chi connectivity index (χ4v) is 2.81. The highest BCUT2D eigenvalue weighted by atomic mass is 79.9. The topological polar surface area (TPSA) is 50.4 Å². The Bertz CT molecular complexity index is 433. The molecular formula is C14H19BrN2O2. The Kier molecular flexibility index (Phi) is 5.36. The summed E-state index contributed by atoms with van der Waals surface area (Å²) in [5.41, 5.74) is 1.09. The number of hydrogen-bond acceptors (Lipinski definition) is 3. The smallest absolute Gasteiger partial charge is 0.222 e. The van der Waals surface area contributed by atoms with E-state index in [0.29, 0.717) is 13.0 Å². The van der Waals surface area contributed by atoms with Gasteiger partial charge in [-0.1, -0.05) is 34.1 Å². The minimum atomic E-state index is -0.00687. The number of carbonyl (C=O) groups excluding carboxylic acids is 1. The van der Waals surface area contributed by atoms with Crippen LogP contribution in [-0.2, 0) is 9.53 Å². The Morgan fingerprint density at radius 3 is 3.05 bits per heavy atom. The molecule has 1 aromatic carbocycles. The largest absolute Gasteiger partial charge is 0.378 e. The number of morpholine rings is 1. The predicted molar refractivity (Wildman–Crippen MR) is 77.9 cm³/mol. The Balaban J connectivity index is 1.86. The number of halogens is 1. The maximum atomic E-state index is 12.0. The summed E-state index contributed by atoms with van der Waals surface area (Å²) in [7, 11) is 0. The summed E-state index contributed by atoms with van der Waals surface area (Å²) < 4.78 is 6.36. The van der Waals surface area contributed by atoms with E-state index in [0.717, 1.165) is 23.2 Å². The summed E-state index contributed by atoms with van der Waals surface area (Å²) in [6.45, 7) is 4.14. The van der Waals surface area contributed by atoms with E-state index in [1.807, 2.05) is 31.2 Å². The first-order valence-corrected chi connectivity index (χ1v) is 7.31. The van der Waals surface area contributed by atoms with Crippen molar-refractivity contribution in [2.45, 2.75) is 25.4 Å². The van der Waals surface area contributed by atoms with Gasteiger partial charge in [0, 0.05) is 23.5 Å². The van der Waals surface area contributed by atoms with Crippen LogP contribution in [0.15, 0.2) is 28.7 Å². The highest BCUT2D eigenvalue weighted by molar-refractivity contribution is 9.10. The van der Waals surface area contributed by atoms with E-state index in [4.69, 9.17) is 4.74 Å². The van der Waals surface area contributed by atoms with Crippen LogP contribution < -0.4 is 10.6 Å². The van der Waals surface area contributed by atoms with Gasteiger partial charge >= 0.3 is 0 Å². The van der Waals surface area contributed by atoms with Crippen molar-refractivity contribution < 1.29 is 9.53 Å². The zero-order valence-electron chi connectivity index (χ0n) is 11.0. The Labute approximate surface area is 122 Å². The summed E-state index contributed by atoms with van der Waals surface area (Å²) >= 11 is 3.50. The third-order valence-electron chi connectivity index (χ3n) is 3.18. The van der Waals surface area contributed by atoms with Crippen LogP contribution in [0.25, 0.3) is 0 Å². The predicted octanol–water partition coefficient (Wildman–Crippen LogP) is 2.00. The van der Waals surface area contributed by atoms with Crippen LogP contribution in [0.4, 0.5) is 0 Å². The third-order valence-corrected chi connectivity index (χ3v) is 3.90. The van der Waals surface area contributed by atoms with Crippen molar-refractivity contribution in [1.82, 2.24) is 10.6 Å². The van der Waals surface area contributed by atoms with Gasteiger partial charge in [-0.05, 0) is 18.6 Å². The highest BCUT2D eigenvalue weighted by Gasteiger charge is 2.18. The average Bonchev–Trinajstić information content (AvgIpc) is 2.40. The molecule has 0 radical (unpaired) electrons. The van der Waals surface area contributed by atoms with Gasteiger partial charge in [0.15, 0.2) is 0 Å². The lowest BCUT2D eigenvalue weighted by Gasteiger charge is -2.24. The first-order chi connectivity index (χ1) is 9.16. The summed E-state index contributed by atoms with van der Waals surface area (Å²) in [5.74, 6) is 0.0475. The fraction of sp³-hybridized carbons (Fsp3) is 0.500. The number of benzene rings is 1. The number of carbonyl (C=O) groups is 1. The lowest BCUT2D eigenvalue weighted by molar-refractivity contribution is -0.122. The Morgan fingerprint density at radius 2 is 2.37 bits per heavy atom. The minimum Gasteiger partial charge on any atom is -0.378 e. The lowest BCUT2D eigenvalue weighted by atomic mass is 10.1. The first kappa shape index (κ1) is 14.5. The van der Waals surface area contributed by atoms with Gasteiger partial charge in [-0.25, -0.2) is 0 Å². The summed E-state index contributed by atoms with van der Waals surface area (Å²) in [6.07, 6.45) is 0.453. The minimum absolute atomic E-state index is 0.00687. The van der Waals surface area contributed by atoms with Gasteiger partial charge in [0.2, 0.25) is 5.91 Å². The normalized spacial score (nSPS) is 20.8. The molecule has 2 unspecified atom stereocenters. The Morgan fingerprint density at radius 1 is 1.58 bits per heavy atom. The molecule has 1 saturated heterocycles. The molecule has 1 aromatic rings. The van der Waals surface area contributed by atoms with Gasteiger partial charge in [-0.2, -0.15) is 0 Å². The van der Waals surface area contributed by atoms with Crippen LogP contribution in [0.5, 0.6) is 0 Å². The van der Waals surface area contributed by atoms with Gasteiger partial charge in [-0.3, -0.25) is 4.79 Å². The van der Waals surface area contributed by atoms with Crippen molar-refractivity contribution in [3.63, 3.8) is 0 Å². The van der Waals surface area contributed by atoms with Crippen molar-refractivity contribution in [3.8, 4) is 0 Å². The molecule has 1 fully saturated rings. The van der Waals surface area contributed by atoms with Crippen molar-refractivity contribution in [2.24, 2.45) is 0 Å². The molecule has 2 N–H and O–H groups in total.